The molecule has 2 aromatic carbocycles. The van der Waals surface area contributed by atoms with Crippen LogP contribution in [0.4, 0.5) is 0 Å². The number of benzene rings is 2. The maximum atomic E-state index is 11.7. The molecule has 2 N–H and O–H groups in total. The number of carbonyl (C=O) groups excluding carboxylic acids is 2. The van der Waals surface area contributed by atoms with Crippen molar-refractivity contribution in [2.75, 3.05) is 53.5 Å². The highest BCUT2D eigenvalue weighted by molar-refractivity contribution is 6.39. The quantitative estimate of drug-likeness (QED) is 0.251. The van der Waals surface area contributed by atoms with Crippen LogP contribution >= 0.6 is 23.2 Å². The SMILES string of the molecule is COc1nc(-c2cccc(-c3cccc(-c4cnc(CN5CC6(CNC(=O)C6)C5)c(OC)n4)c3Cl)c2Cl)ccc1CN1CC2(CNC(=O)C2)C1. The van der Waals surface area contributed by atoms with Gasteiger partial charge in [-0.2, -0.15) is 0 Å². The number of pyridine rings is 1. The summed E-state index contributed by atoms with van der Waals surface area (Å²) in [5.74, 6) is 1.24. The molecule has 0 aliphatic carbocycles. The molecule has 258 valence electrons. The summed E-state index contributed by atoms with van der Waals surface area (Å²) >= 11 is 14.2. The molecular weight excluding hydrogens is 677 g/mol. The minimum absolute atomic E-state index is 0.0328. The number of hydrogen-bond acceptors (Lipinski definition) is 9. The molecule has 13 heteroatoms. The van der Waals surface area contributed by atoms with Crippen molar-refractivity contribution >= 4 is 35.0 Å². The molecule has 0 saturated carbocycles. The van der Waals surface area contributed by atoms with Gasteiger partial charge in [0, 0.05) is 104 Å². The Labute approximate surface area is 300 Å². The maximum absolute atomic E-state index is 11.7. The number of amides is 2. The van der Waals surface area contributed by atoms with Gasteiger partial charge in [-0.25, -0.2) is 9.97 Å². The van der Waals surface area contributed by atoms with E-state index >= 15 is 0 Å². The molecule has 50 heavy (non-hydrogen) atoms. The summed E-state index contributed by atoms with van der Waals surface area (Å²) in [6.45, 7) is 6.15. The van der Waals surface area contributed by atoms with Crippen LogP contribution in [0.15, 0.2) is 54.7 Å². The van der Waals surface area contributed by atoms with E-state index in [1.54, 1.807) is 20.4 Å². The third-order valence-corrected chi connectivity index (χ3v) is 11.2. The van der Waals surface area contributed by atoms with E-state index in [9.17, 15) is 9.59 Å². The molecule has 0 bridgehead atoms. The Morgan fingerprint density at radius 1 is 0.700 bits per heavy atom. The number of aromatic nitrogens is 3. The zero-order valence-electron chi connectivity index (χ0n) is 27.9. The van der Waals surface area contributed by atoms with Gasteiger partial charge in [0.15, 0.2) is 0 Å². The summed E-state index contributed by atoms with van der Waals surface area (Å²) in [5, 5.41) is 6.91. The Hall–Kier alpha value is -4.29. The second-order valence-electron chi connectivity index (χ2n) is 14.1. The molecule has 8 rings (SSSR count). The van der Waals surface area contributed by atoms with Crippen molar-refractivity contribution in [1.29, 1.82) is 0 Å². The molecule has 2 aromatic heterocycles. The topological polar surface area (TPSA) is 122 Å². The van der Waals surface area contributed by atoms with E-state index in [2.05, 4.69) is 20.4 Å². The van der Waals surface area contributed by atoms with Crippen LogP contribution in [0.2, 0.25) is 10.0 Å². The number of likely N-dealkylation sites (tertiary alicyclic amines) is 2. The lowest BCUT2D eigenvalue weighted by Crippen LogP contribution is -2.56. The van der Waals surface area contributed by atoms with Gasteiger partial charge in [0.25, 0.3) is 0 Å². The Balaban J connectivity index is 1.01. The predicted octanol–water partition coefficient (Wildman–Crippen LogP) is 4.84. The summed E-state index contributed by atoms with van der Waals surface area (Å²) in [6, 6.07) is 15.6. The highest BCUT2D eigenvalue weighted by Gasteiger charge is 2.49. The normalized spacial score (nSPS) is 19.3. The molecule has 4 aliphatic heterocycles. The zero-order chi connectivity index (χ0) is 34.6. The van der Waals surface area contributed by atoms with Crippen molar-refractivity contribution in [1.82, 2.24) is 35.4 Å². The van der Waals surface area contributed by atoms with E-state index in [0.717, 1.165) is 67.2 Å². The van der Waals surface area contributed by atoms with Gasteiger partial charge in [-0.05, 0) is 6.07 Å². The van der Waals surface area contributed by atoms with Crippen molar-refractivity contribution in [3.05, 3.63) is 76.0 Å². The smallest absolute Gasteiger partial charge is 0.237 e. The first-order valence-corrected chi connectivity index (χ1v) is 17.4. The zero-order valence-corrected chi connectivity index (χ0v) is 29.4. The summed E-state index contributed by atoms with van der Waals surface area (Å²) in [7, 11) is 3.21. The third-order valence-electron chi connectivity index (χ3n) is 10.4. The van der Waals surface area contributed by atoms with Crippen LogP contribution in [0.1, 0.15) is 24.1 Å². The highest BCUT2D eigenvalue weighted by atomic mass is 35.5. The summed E-state index contributed by atoms with van der Waals surface area (Å²) < 4.78 is 11.4. The van der Waals surface area contributed by atoms with Gasteiger partial charge in [-0.15, -0.1) is 0 Å². The Morgan fingerprint density at radius 2 is 1.22 bits per heavy atom. The fraction of sp³-hybridized carbons (Fsp3) is 0.378. The fourth-order valence-electron chi connectivity index (χ4n) is 8.02. The second-order valence-corrected chi connectivity index (χ2v) is 14.9. The number of carbonyl (C=O) groups is 2. The van der Waals surface area contributed by atoms with E-state index in [4.69, 9.17) is 47.6 Å². The Kier molecular flexibility index (Phi) is 8.42. The summed E-state index contributed by atoms with van der Waals surface area (Å²) in [6.07, 6.45) is 2.89. The molecule has 4 fully saturated rings. The lowest BCUT2D eigenvalue weighted by Gasteiger charge is -2.47. The first-order valence-electron chi connectivity index (χ1n) is 16.7. The molecule has 2 amide bonds. The van der Waals surface area contributed by atoms with Gasteiger partial charge in [-0.1, -0.05) is 65.7 Å². The minimum atomic E-state index is 0.0328. The lowest BCUT2D eigenvalue weighted by molar-refractivity contribution is -0.121. The van der Waals surface area contributed by atoms with Gasteiger partial charge >= 0.3 is 0 Å². The van der Waals surface area contributed by atoms with Crippen molar-refractivity contribution in [3.8, 4) is 45.4 Å². The van der Waals surface area contributed by atoms with Crippen molar-refractivity contribution in [3.63, 3.8) is 0 Å². The van der Waals surface area contributed by atoms with Gasteiger partial charge in [0.05, 0.1) is 41.8 Å². The first-order chi connectivity index (χ1) is 24.2. The van der Waals surface area contributed by atoms with Gasteiger partial charge in [0.2, 0.25) is 23.6 Å². The van der Waals surface area contributed by atoms with Crippen LogP contribution in [-0.2, 0) is 22.7 Å². The molecule has 0 unspecified atom stereocenters. The van der Waals surface area contributed by atoms with Crippen LogP contribution in [-0.4, -0.2) is 90.1 Å². The van der Waals surface area contributed by atoms with Gasteiger partial charge in [0.1, 0.15) is 5.69 Å². The highest BCUT2D eigenvalue weighted by Crippen LogP contribution is 2.43. The number of nitrogens with zero attached hydrogens (tertiary/aromatic N) is 5. The number of ether oxygens (including phenoxy) is 2. The largest absolute Gasteiger partial charge is 0.481 e. The molecule has 0 atom stereocenters. The monoisotopic (exact) mass is 713 g/mol. The molecule has 4 aliphatic rings. The average Bonchev–Trinajstić information content (AvgIpc) is 3.68. The fourth-order valence-corrected chi connectivity index (χ4v) is 8.67. The lowest BCUT2D eigenvalue weighted by atomic mass is 9.79. The first kappa shape index (κ1) is 32.9. The average molecular weight is 715 g/mol. The van der Waals surface area contributed by atoms with E-state index in [1.165, 1.54) is 0 Å². The molecule has 11 nitrogen and oxygen atoms in total. The van der Waals surface area contributed by atoms with E-state index in [0.29, 0.717) is 64.7 Å². The van der Waals surface area contributed by atoms with Crippen molar-refractivity contribution in [2.24, 2.45) is 10.8 Å². The van der Waals surface area contributed by atoms with Crippen molar-refractivity contribution < 1.29 is 19.1 Å². The van der Waals surface area contributed by atoms with Gasteiger partial charge in [-0.3, -0.25) is 24.4 Å². The summed E-state index contributed by atoms with van der Waals surface area (Å²) in [5.41, 5.74) is 6.04. The van der Waals surface area contributed by atoms with E-state index < -0.39 is 0 Å². The Morgan fingerprint density at radius 3 is 1.76 bits per heavy atom. The molecule has 4 aromatic rings. The van der Waals surface area contributed by atoms with Crippen molar-refractivity contribution in [2.45, 2.75) is 25.9 Å². The standard InChI is InChI=1S/C37H37Cl2N7O4/c1-49-34-22(14-45-18-36(19-45)11-30(47)41-16-36)9-10-27(43-34)25-7-3-5-23(32(25)38)24-6-4-8-26(33(24)39)28-13-40-29(35(44-28)50-2)15-46-20-37(21-46)12-31(48)42-17-37/h3-10,13H,11-12,14-21H2,1-2H3,(H,41,47)(H,42,48). The molecule has 0 radical (unpaired) electrons. The van der Waals surface area contributed by atoms with Gasteiger partial charge < -0.3 is 20.1 Å². The van der Waals surface area contributed by atoms with Crippen LogP contribution in [0.3, 0.4) is 0 Å². The predicted molar refractivity (Wildman–Crippen MR) is 190 cm³/mol. The molecule has 6 heterocycles. The summed E-state index contributed by atoms with van der Waals surface area (Å²) in [4.78, 5) is 42.4. The molecular formula is C37H37Cl2N7O4. The second kappa shape index (κ2) is 12.8. The minimum Gasteiger partial charge on any atom is -0.481 e. The third kappa shape index (κ3) is 5.96. The maximum Gasteiger partial charge on any atom is 0.237 e. The van der Waals surface area contributed by atoms with Crippen LogP contribution < -0.4 is 20.1 Å². The van der Waals surface area contributed by atoms with Crippen LogP contribution in [0, 0.1) is 10.8 Å². The van der Waals surface area contributed by atoms with E-state index in [1.807, 2.05) is 48.5 Å². The number of rotatable bonds is 9. The van der Waals surface area contributed by atoms with Crippen LogP contribution in [0.5, 0.6) is 11.8 Å². The molecule has 4 saturated heterocycles. The van der Waals surface area contributed by atoms with E-state index in [-0.39, 0.29) is 22.6 Å². The Bertz CT molecular complexity index is 1870. The molecule has 2 spiro atoms. The number of nitrogens with one attached hydrogen (secondary N) is 2. The number of hydrogen-bond donors (Lipinski definition) is 2. The number of methoxy groups -OCH3 is 2. The van der Waals surface area contributed by atoms with Crippen LogP contribution in [0.25, 0.3) is 33.6 Å². The number of halogens is 2.